The Hall–Kier alpha value is -1.53. The number of aromatic nitrogens is 4. The van der Waals surface area contributed by atoms with Crippen molar-refractivity contribution in [1.29, 1.82) is 0 Å². The number of halogens is 1. The van der Waals surface area contributed by atoms with E-state index >= 15 is 0 Å². The van der Waals surface area contributed by atoms with Gasteiger partial charge in [-0.1, -0.05) is 0 Å². The smallest absolute Gasteiger partial charge is 0.226 e. The van der Waals surface area contributed by atoms with E-state index in [0.717, 1.165) is 31.0 Å². The molecule has 0 aliphatic carbocycles. The summed E-state index contributed by atoms with van der Waals surface area (Å²) in [4.78, 5) is 17.2. The first-order valence-corrected chi connectivity index (χ1v) is 6.99. The van der Waals surface area contributed by atoms with E-state index in [4.69, 9.17) is 16.3 Å². The van der Waals surface area contributed by atoms with Crippen LogP contribution in [-0.2, 0) is 4.74 Å². The Morgan fingerprint density at radius 2 is 1.85 bits per heavy atom. The van der Waals surface area contributed by atoms with Gasteiger partial charge < -0.3 is 10.1 Å². The predicted molar refractivity (Wildman–Crippen MR) is 79.2 cm³/mol. The predicted octanol–water partition coefficient (Wildman–Crippen LogP) is 2.53. The van der Waals surface area contributed by atoms with Crippen LogP contribution in [-0.4, -0.2) is 39.7 Å². The summed E-state index contributed by atoms with van der Waals surface area (Å²) in [5, 5.41) is 3.38. The van der Waals surface area contributed by atoms with Gasteiger partial charge in [0.25, 0.3) is 0 Å². The molecule has 2 aromatic heterocycles. The average molecular weight is 296 g/mol. The molecule has 2 aromatic rings. The summed E-state index contributed by atoms with van der Waals surface area (Å²) in [6.07, 6.45) is 0.884. The lowest BCUT2D eigenvalue weighted by molar-refractivity contribution is 0.147. The Bertz CT molecular complexity index is 605. The van der Waals surface area contributed by atoms with Crippen LogP contribution < -0.4 is 5.32 Å². The molecule has 108 valence electrons. The van der Waals surface area contributed by atoms with Crippen molar-refractivity contribution in [2.75, 3.05) is 25.1 Å². The maximum atomic E-state index is 5.92. The van der Waals surface area contributed by atoms with Crippen LogP contribution in [0.2, 0.25) is 5.28 Å². The Morgan fingerprint density at radius 3 is 2.60 bits per heavy atom. The summed E-state index contributed by atoms with van der Waals surface area (Å²) >= 11 is 5.92. The average Bonchev–Trinajstić information content (AvgIpc) is 2.40. The minimum atomic E-state index is 0.169. The Balaban J connectivity index is 2.21. The lowest BCUT2D eigenvalue weighted by Gasteiger charge is -2.09. The van der Waals surface area contributed by atoms with Crippen LogP contribution in [0.25, 0.3) is 11.2 Å². The van der Waals surface area contributed by atoms with E-state index in [1.807, 2.05) is 20.8 Å². The van der Waals surface area contributed by atoms with Gasteiger partial charge in [-0.15, -0.1) is 0 Å². The highest BCUT2D eigenvalue weighted by Crippen LogP contribution is 2.20. The first-order valence-electron chi connectivity index (χ1n) is 6.62. The molecule has 0 aromatic carbocycles. The summed E-state index contributed by atoms with van der Waals surface area (Å²) in [7, 11) is 0. The van der Waals surface area contributed by atoms with Gasteiger partial charge in [0, 0.05) is 19.8 Å². The SMILES string of the molecule is CCOCCCNc1nc(Cl)nc2nc(C)c(C)nc12. The summed E-state index contributed by atoms with van der Waals surface area (Å²) in [6, 6.07) is 0. The molecular formula is C13H18ClN5O. The second-order valence-corrected chi connectivity index (χ2v) is 4.72. The number of hydrogen-bond donors (Lipinski definition) is 1. The summed E-state index contributed by atoms with van der Waals surface area (Å²) < 4.78 is 5.29. The highest BCUT2D eigenvalue weighted by molar-refractivity contribution is 6.28. The number of aryl methyl sites for hydroxylation is 2. The second-order valence-electron chi connectivity index (χ2n) is 4.39. The zero-order valence-electron chi connectivity index (χ0n) is 11.9. The third-order valence-corrected chi connectivity index (χ3v) is 3.05. The molecular weight excluding hydrogens is 278 g/mol. The highest BCUT2D eigenvalue weighted by Gasteiger charge is 2.11. The monoisotopic (exact) mass is 295 g/mol. The number of fused-ring (bicyclic) bond motifs is 1. The molecule has 2 rings (SSSR count). The molecule has 0 saturated carbocycles. The van der Waals surface area contributed by atoms with Crippen molar-refractivity contribution in [3.63, 3.8) is 0 Å². The minimum absolute atomic E-state index is 0.169. The van der Waals surface area contributed by atoms with E-state index < -0.39 is 0 Å². The molecule has 0 unspecified atom stereocenters. The van der Waals surface area contributed by atoms with Gasteiger partial charge in [0.05, 0.1) is 11.4 Å². The van der Waals surface area contributed by atoms with Gasteiger partial charge in [0.2, 0.25) is 5.28 Å². The molecule has 20 heavy (non-hydrogen) atoms. The number of rotatable bonds is 6. The minimum Gasteiger partial charge on any atom is -0.382 e. The number of nitrogens with zero attached hydrogens (tertiary/aromatic N) is 4. The van der Waals surface area contributed by atoms with Crippen LogP contribution in [0.4, 0.5) is 5.82 Å². The van der Waals surface area contributed by atoms with Crippen molar-refractivity contribution >= 4 is 28.6 Å². The molecule has 2 heterocycles. The van der Waals surface area contributed by atoms with Crippen molar-refractivity contribution in [1.82, 2.24) is 19.9 Å². The number of anilines is 1. The van der Waals surface area contributed by atoms with Crippen LogP contribution in [0, 0.1) is 13.8 Å². The maximum absolute atomic E-state index is 5.92. The van der Waals surface area contributed by atoms with Gasteiger partial charge in [-0.3, -0.25) is 0 Å². The normalized spacial score (nSPS) is 11.0. The Morgan fingerprint density at radius 1 is 1.10 bits per heavy atom. The van der Waals surface area contributed by atoms with Crippen LogP contribution in [0.3, 0.4) is 0 Å². The third-order valence-electron chi connectivity index (χ3n) is 2.88. The van der Waals surface area contributed by atoms with Crippen molar-refractivity contribution in [3.05, 3.63) is 16.7 Å². The molecule has 0 spiro atoms. The zero-order valence-corrected chi connectivity index (χ0v) is 12.7. The first-order chi connectivity index (χ1) is 9.61. The highest BCUT2D eigenvalue weighted by atomic mass is 35.5. The van der Waals surface area contributed by atoms with E-state index in [0.29, 0.717) is 23.6 Å². The summed E-state index contributed by atoms with van der Waals surface area (Å²) in [5.41, 5.74) is 2.87. The van der Waals surface area contributed by atoms with Gasteiger partial charge in [0.1, 0.15) is 0 Å². The second kappa shape index (κ2) is 6.76. The molecule has 1 N–H and O–H groups in total. The Labute approximate surface area is 123 Å². The fourth-order valence-electron chi connectivity index (χ4n) is 1.73. The van der Waals surface area contributed by atoms with Crippen LogP contribution in [0.15, 0.2) is 0 Å². The molecule has 7 heteroatoms. The largest absolute Gasteiger partial charge is 0.382 e. The lowest BCUT2D eigenvalue weighted by Crippen LogP contribution is -2.09. The first kappa shape index (κ1) is 14.9. The molecule has 0 bridgehead atoms. The van der Waals surface area contributed by atoms with E-state index in [-0.39, 0.29) is 5.28 Å². The molecule has 0 fully saturated rings. The van der Waals surface area contributed by atoms with Gasteiger partial charge in [-0.05, 0) is 38.8 Å². The maximum Gasteiger partial charge on any atom is 0.226 e. The van der Waals surface area contributed by atoms with Gasteiger partial charge in [-0.25, -0.2) is 9.97 Å². The summed E-state index contributed by atoms with van der Waals surface area (Å²) in [6.45, 7) is 7.96. The van der Waals surface area contributed by atoms with Gasteiger partial charge in [-0.2, -0.15) is 9.97 Å². The van der Waals surface area contributed by atoms with Gasteiger partial charge in [0.15, 0.2) is 17.0 Å². The number of ether oxygens (including phenoxy) is 1. The molecule has 0 saturated heterocycles. The fraction of sp³-hybridized carbons (Fsp3) is 0.538. The molecule has 0 radical (unpaired) electrons. The number of hydrogen-bond acceptors (Lipinski definition) is 6. The van der Waals surface area contributed by atoms with Crippen LogP contribution in [0.5, 0.6) is 0 Å². The zero-order chi connectivity index (χ0) is 14.5. The molecule has 0 aliphatic heterocycles. The third kappa shape index (κ3) is 3.52. The van der Waals surface area contributed by atoms with Crippen molar-refractivity contribution in [2.24, 2.45) is 0 Å². The summed E-state index contributed by atoms with van der Waals surface area (Å²) in [5.74, 6) is 0.618. The van der Waals surface area contributed by atoms with Gasteiger partial charge >= 0.3 is 0 Å². The molecule has 0 aliphatic rings. The number of nitrogens with one attached hydrogen (secondary N) is 1. The van der Waals surface area contributed by atoms with E-state index in [1.54, 1.807) is 0 Å². The van der Waals surface area contributed by atoms with E-state index in [2.05, 4.69) is 25.3 Å². The topological polar surface area (TPSA) is 72.8 Å². The van der Waals surface area contributed by atoms with E-state index in [1.165, 1.54) is 0 Å². The lowest BCUT2D eigenvalue weighted by atomic mass is 10.3. The van der Waals surface area contributed by atoms with E-state index in [9.17, 15) is 0 Å². The standard InChI is InChI=1S/C13H18ClN5O/c1-4-20-7-5-6-15-11-10-12(19-13(14)18-11)17-9(3)8(2)16-10/h4-7H2,1-3H3,(H,15,17,18,19). The molecule has 6 nitrogen and oxygen atoms in total. The fourth-order valence-corrected chi connectivity index (χ4v) is 1.90. The molecule has 0 amide bonds. The van der Waals surface area contributed by atoms with Crippen molar-refractivity contribution in [2.45, 2.75) is 27.2 Å². The quantitative estimate of drug-likeness (QED) is 0.652. The van der Waals surface area contributed by atoms with Crippen molar-refractivity contribution < 1.29 is 4.74 Å². The Kier molecular flexibility index (Phi) is 5.03. The van der Waals surface area contributed by atoms with Crippen molar-refractivity contribution in [3.8, 4) is 0 Å². The van der Waals surface area contributed by atoms with Crippen LogP contribution in [0.1, 0.15) is 24.7 Å². The molecule has 0 atom stereocenters. The van der Waals surface area contributed by atoms with Crippen LogP contribution >= 0.6 is 11.6 Å².